The number of fused-ring (bicyclic) bond motifs is 1. The van der Waals surface area contributed by atoms with E-state index in [0.717, 1.165) is 30.1 Å². The topological polar surface area (TPSA) is 384 Å². The Morgan fingerprint density at radius 2 is 1.41 bits per heavy atom. The molecule has 1 fully saturated rings. The Morgan fingerprint density at radius 1 is 0.853 bits per heavy atom. The SMILES string of the molecule is CC(C)(COP(=O)(O)OP(=O)(O)OC[C@H]1O[C@@H](n2cnc3c(N)ncnc32)[C@H](O)[C@@H]1OP(=O)(O)O)[C@@H](O)C(=O)NCCC(=O)NCCS.CCCCCCCCCCCCCCCCCC(=O)O. The summed E-state index contributed by atoms with van der Waals surface area (Å²) in [5.74, 6) is -1.60. The average Bonchev–Trinajstić information content (AvgIpc) is 3.82. The van der Waals surface area contributed by atoms with E-state index in [9.17, 15) is 57.9 Å². The molecule has 0 spiro atoms. The molecule has 1 aliphatic heterocycles. The van der Waals surface area contributed by atoms with Gasteiger partial charge in [-0.2, -0.15) is 16.9 Å². The van der Waals surface area contributed by atoms with Gasteiger partial charge in [0, 0.05) is 37.1 Å². The van der Waals surface area contributed by atoms with E-state index in [2.05, 4.69) is 54.0 Å². The van der Waals surface area contributed by atoms with E-state index in [1.165, 1.54) is 97.3 Å². The Labute approximate surface area is 401 Å². The number of carbonyl (C=O) groups excluding carboxylic acids is 2. The fourth-order valence-corrected chi connectivity index (χ4v) is 9.72. The number of ether oxygens (including phenoxy) is 1. The monoisotopic (exact) mass is 1050 g/mol. The van der Waals surface area contributed by atoms with E-state index in [1.54, 1.807) is 0 Å². The molecule has 1 saturated heterocycles. The fraction of sp³-hybridized carbons (Fsp3) is 0.795. The molecular weight excluding hydrogens is 979 g/mol. The summed E-state index contributed by atoms with van der Waals surface area (Å²) in [5, 5.41) is 34.6. The van der Waals surface area contributed by atoms with Crippen LogP contribution in [0.25, 0.3) is 11.2 Å². The zero-order chi connectivity index (χ0) is 51.0. The van der Waals surface area contributed by atoms with Crippen molar-refractivity contribution in [1.82, 2.24) is 30.2 Å². The lowest BCUT2D eigenvalue weighted by atomic mass is 9.87. The van der Waals surface area contributed by atoms with Crippen molar-refractivity contribution in [3.05, 3.63) is 12.7 Å². The van der Waals surface area contributed by atoms with Crippen LogP contribution in [0, 0.1) is 5.41 Å². The van der Waals surface area contributed by atoms with Gasteiger partial charge in [0.25, 0.3) is 0 Å². The molecule has 392 valence electrons. The first-order valence-corrected chi connectivity index (χ1v) is 27.8. The Balaban J connectivity index is 0.000000666. The third-order valence-corrected chi connectivity index (χ3v) is 13.8. The molecule has 25 nitrogen and oxygen atoms in total. The summed E-state index contributed by atoms with van der Waals surface area (Å²) in [5.41, 5.74) is 4.30. The smallest absolute Gasteiger partial charge is 0.481 e. The fourth-order valence-electron chi connectivity index (χ4n) is 6.78. The Kier molecular flexibility index (Phi) is 28.0. The van der Waals surface area contributed by atoms with Crippen LogP contribution in [0.3, 0.4) is 0 Å². The molecule has 68 heavy (non-hydrogen) atoms. The van der Waals surface area contributed by atoms with E-state index >= 15 is 0 Å². The Morgan fingerprint density at radius 3 is 1.96 bits per heavy atom. The number of thiol groups is 1. The van der Waals surface area contributed by atoms with Gasteiger partial charge in [0.15, 0.2) is 17.7 Å². The lowest BCUT2D eigenvalue weighted by Gasteiger charge is -2.30. The number of aliphatic hydroxyl groups is 2. The summed E-state index contributed by atoms with van der Waals surface area (Å²) < 4.78 is 61.7. The van der Waals surface area contributed by atoms with Gasteiger partial charge in [0.05, 0.1) is 19.5 Å². The van der Waals surface area contributed by atoms with Crippen molar-refractivity contribution >= 4 is 70.9 Å². The maximum Gasteiger partial charge on any atom is 0.481 e. The number of aliphatic hydroxyl groups excluding tert-OH is 2. The minimum absolute atomic E-state index is 0.0363. The summed E-state index contributed by atoms with van der Waals surface area (Å²) in [6.45, 7) is 2.99. The molecule has 3 rings (SSSR count). The minimum Gasteiger partial charge on any atom is -0.481 e. The molecular formula is C39H72N7O18P3S. The number of imidazole rings is 1. The zero-order valence-electron chi connectivity index (χ0n) is 38.9. The van der Waals surface area contributed by atoms with Crippen molar-refractivity contribution in [2.75, 3.05) is 37.8 Å². The van der Waals surface area contributed by atoms with Crippen LogP contribution in [-0.2, 0) is 50.7 Å². The van der Waals surface area contributed by atoms with Crippen molar-refractivity contribution in [2.24, 2.45) is 5.41 Å². The Bertz CT molecular complexity index is 1980. The molecule has 2 aromatic heterocycles. The molecule has 2 amide bonds. The molecule has 3 heterocycles. The average molecular weight is 1050 g/mol. The highest BCUT2D eigenvalue weighted by Gasteiger charge is 2.50. The van der Waals surface area contributed by atoms with Gasteiger partial charge < -0.3 is 56.0 Å². The second kappa shape index (κ2) is 31.0. The van der Waals surface area contributed by atoms with Gasteiger partial charge >= 0.3 is 29.4 Å². The second-order valence-corrected chi connectivity index (χ2v) is 21.6. The van der Waals surface area contributed by atoms with Gasteiger partial charge in [-0.1, -0.05) is 111 Å². The molecule has 29 heteroatoms. The first-order valence-electron chi connectivity index (χ1n) is 22.6. The first kappa shape index (κ1) is 61.5. The van der Waals surface area contributed by atoms with Gasteiger partial charge in [-0.25, -0.2) is 28.6 Å². The van der Waals surface area contributed by atoms with E-state index in [-0.39, 0.29) is 35.9 Å². The third-order valence-electron chi connectivity index (χ3n) is 10.5. The van der Waals surface area contributed by atoms with Crippen LogP contribution in [0.15, 0.2) is 12.7 Å². The number of nitrogen functional groups attached to an aromatic ring is 1. The molecule has 0 aliphatic carbocycles. The highest BCUT2D eigenvalue weighted by atomic mass is 32.1. The number of phosphoric acid groups is 3. The normalized spacial score (nSPS) is 19.7. The maximum atomic E-state index is 12.6. The number of carboxylic acids is 1. The quantitative estimate of drug-likeness (QED) is 0.0258. The van der Waals surface area contributed by atoms with Crippen LogP contribution in [0.5, 0.6) is 0 Å². The van der Waals surface area contributed by atoms with Crippen LogP contribution < -0.4 is 16.4 Å². The molecule has 0 aromatic carbocycles. The van der Waals surface area contributed by atoms with Gasteiger partial charge in [-0.15, -0.1) is 0 Å². The molecule has 0 radical (unpaired) electrons. The molecule has 1 aliphatic rings. The number of amides is 2. The lowest BCUT2D eigenvalue weighted by molar-refractivity contribution is -0.137. The van der Waals surface area contributed by atoms with Crippen molar-refractivity contribution in [2.45, 2.75) is 161 Å². The van der Waals surface area contributed by atoms with Crippen LogP contribution in [0.1, 0.15) is 136 Å². The van der Waals surface area contributed by atoms with E-state index in [4.69, 9.17) is 24.6 Å². The molecule has 0 saturated carbocycles. The largest absolute Gasteiger partial charge is 0.481 e. The standard InChI is InChI=1S/C21H36N7O16P3S.C18H36O2/c1-21(2,16(31)19(32)24-4-3-12(29)23-5-6-48)8-41-47(38,39)44-46(36,37)40-7-11-15(43-45(33,34)35)14(30)20(42-11)28-10-27-13-17(22)25-9-26-18(13)28;1-2-3-4-5-6-7-8-9-10-11-12-13-14-15-16-17-18(19)20/h9-11,14-16,20,30-31,48H,3-8H2,1-2H3,(H,23,29)(H,24,32)(H,36,37)(H,38,39)(H2,22,25,26)(H2,33,34,35);2-17H2,1H3,(H,19,20)/t11-,14-,15-,16+,20-;/m1./s1. The Hall–Kier alpha value is -2.64. The van der Waals surface area contributed by atoms with Gasteiger partial charge in [-0.05, 0) is 6.42 Å². The van der Waals surface area contributed by atoms with Crippen LogP contribution >= 0.6 is 36.1 Å². The molecule has 7 atom stereocenters. The molecule has 2 unspecified atom stereocenters. The van der Waals surface area contributed by atoms with Crippen LogP contribution in [0.4, 0.5) is 5.82 Å². The number of hydrogen-bond donors (Lipinski definition) is 11. The van der Waals surface area contributed by atoms with Crippen molar-refractivity contribution in [3.63, 3.8) is 0 Å². The van der Waals surface area contributed by atoms with Crippen LogP contribution in [-0.4, -0.2) is 129 Å². The predicted octanol–water partition coefficient (Wildman–Crippen LogP) is 4.67. The summed E-state index contributed by atoms with van der Waals surface area (Å²) in [6, 6.07) is 0. The van der Waals surface area contributed by atoms with E-state index in [0.29, 0.717) is 18.7 Å². The van der Waals surface area contributed by atoms with E-state index < -0.39 is 84.6 Å². The van der Waals surface area contributed by atoms with Crippen molar-refractivity contribution < 1.29 is 85.6 Å². The zero-order valence-corrected chi connectivity index (χ0v) is 42.5. The number of aromatic nitrogens is 4. The van der Waals surface area contributed by atoms with Crippen LogP contribution in [0.2, 0.25) is 0 Å². The molecule has 11 N–H and O–H groups in total. The number of nitrogens with two attached hydrogens (primary N) is 1. The third kappa shape index (κ3) is 24.0. The van der Waals surface area contributed by atoms with E-state index in [1.807, 2.05) is 0 Å². The van der Waals surface area contributed by atoms with Crippen molar-refractivity contribution in [1.29, 1.82) is 0 Å². The number of nitrogens with zero attached hydrogens (tertiary/aromatic N) is 4. The summed E-state index contributed by atoms with van der Waals surface area (Å²) in [6.07, 6.45) is 13.5. The number of phosphoric ester groups is 3. The number of hydrogen-bond acceptors (Lipinski definition) is 18. The minimum atomic E-state index is -5.54. The van der Waals surface area contributed by atoms with Gasteiger partial charge in [0.1, 0.15) is 36.3 Å². The number of carbonyl (C=O) groups is 3. The lowest BCUT2D eigenvalue weighted by Crippen LogP contribution is -2.46. The second-order valence-electron chi connectivity index (χ2n) is 16.9. The van der Waals surface area contributed by atoms with Gasteiger partial charge in [0.2, 0.25) is 11.8 Å². The predicted molar refractivity (Wildman–Crippen MR) is 251 cm³/mol. The highest BCUT2D eigenvalue weighted by Crippen LogP contribution is 2.61. The maximum absolute atomic E-state index is 12.6. The number of rotatable bonds is 34. The number of carboxylic acid groups (broad SMARTS) is 1. The number of aliphatic carboxylic acids is 1. The summed E-state index contributed by atoms with van der Waals surface area (Å²) >= 11 is 3.95. The number of nitrogens with one attached hydrogen (secondary N) is 2. The molecule has 2 aromatic rings. The van der Waals surface area contributed by atoms with Gasteiger partial charge in [-0.3, -0.25) is 32.5 Å². The number of anilines is 1. The highest BCUT2D eigenvalue weighted by molar-refractivity contribution is 7.80. The number of unbranched alkanes of at least 4 members (excludes halogenated alkanes) is 14. The summed E-state index contributed by atoms with van der Waals surface area (Å²) in [7, 11) is -16.3. The first-order chi connectivity index (χ1) is 31.9. The van der Waals surface area contributed by atoms with Crippen molar-refractivity contribution in [3.8, 4) is 0 Å². The summed E-state index contributed by atoms with van der Waals surface area (Å²) in [4.78, 5) is 84.9. The molecule has 0 bridgehead atoms.